The van der Waals surface area contributed by atoms with Gasteiger partial charge in [-0.1, -0.05) is 19.4 Å². The summed E-state index contributed by atoms with van der Waals surface area (Å²) in [6.07, 6.45) is 4.17. The molecule has 5 heteroatoms. The SMILES string of the molecule is CCCc1c[nH]c2ccc(Oc3c(C)cc(CC(=O)O)cc3Br)cc12. The predicted octanol–water partition coefficient (Wildman–Crippen LogP) is 5.61. The van der Waals surface area contributed by atoms with E-state index in [-0.39, 0.29) is 6.42 Å². The maximum Gasteiger partial charge on any atom is 0.307 e. The lowest BCUT2D eigenvalue weighted by atomic mass is 10.1. The highest BCUT2D eigenvalue weighted by atomic mass is 79.9. The van der Waals surface area contributed by atoms with E-state index in [1.807, 2.05) is 31.2 Å². The molecule has 0 aliphatic heterocycles. The van der Waals surface area contributed by atoms with E-state index in [0.29, 0.717) is 5.75 Å². The number of hydrogen-bond acceptors (Lipinski definition) is 2. The second kappa shape index (κ2) is 7.31. The van der Waals surface area contributed by atoms with Crippen LogP contribution in [0.3, 0.4) is 0 Å². The van der Waals surface area contributed by atoms with Gasteiger partial charge in [-0.3, -0.25) is 4.79 Å². The number of nitrogens with one attached hydrogen (secondary N) is 1. The van der Waals surface area contributed by atoms with E-state index in [4.69, 9.17) is 9.84 Å². The predicted molar refractivity (Wildman–Crippen MR) is 103 cm³/mol. The molecule has 0 atom stereocenters. The molecular formula is C20H20BrNO3. The molecule has 0 fully saturated rings. The Balaban J connectivity index is 1.92. The van der Waals surface area contributed by atoms with Crippen LogP contribution in [-0.4, -0.2) is 16.1 Å². The second-order valence-electron chi connectivity index (χ2n) is 6.17. The summed E-state index contributed by atoms with van der Waals surface area (Å²) in [5.41, 5.74) is 4.03. The Morgan fingerprint density at radius 1 is 1.28 bits per heavy atom. The summed E-state index contributed by atoms with van der Waals surface area (Å²) in [4.78, 5) is 14.2. The minimum Gasteiger partial charge on any atom is -0.481 e. The Morgan fingerprint density at radius 3 is 2.76 bits per heavy atom. The topological polar surface area (TPSA) is 62.3 Å². The Kier molecular flexibility index (Phi) is 5.13. The fourth-order valence-corrected chi connectivity index (χ4v) is 3.71. The number of carboxylic acids is 1. The lowest BCUT2D eigenvalue weighted by Crippen LogP contribution is -2.01. The number of aromatic nitrogens is 1. The standard InChI is InChI=1S/C20H20BrNO3/c1-3-4-14-11-22-18-6-5-15(10-16(14)18)25-20-12(2)7-13(8-17(20)21)9-19(23)24/h5-8,10-11,22H,3-4,9H2,1-2H3,(H,23,24). The fraction of sp³-hybridized carbons (Fsp3) is 0.250. The van der Waals surface area contributed by atoms with Gasteiger partial charge in [0.05, 0.1) is 10.9 Å². The molecule has 0 radical (unpaired) electrons. The van der Waals surface area contributed by atoms with Gasteiger partial charge in [0.25, 0.3) is 0 Å². The van der Waals surface area contributed by atoms with E-state index >= 15 is 0 Å². The highest BCUT2D eigenvalue weighted by Gasteiger charge is 2.12. The summed E-state index contributed by atoms with van der Waals surface area (Å²) in [6, 6.07) is 9.66. The molecule has 25 heavy (non-hydrogen) atoms. The average molecular weight is 402 g/mol. The number of ether oxygens (including phenoxy) is 1. The van der Waals surface area contributed by atoms with Crippen LogP contribution in [0.15, 0.2) is 41.0 Å². The third-order valence-corrected chi connectivity index (χ3v) is 4.71. The molecule has 4 nitrogen and oxygen atoms in total. The molecule has 1 heterocycles. The molecule has 0 bridgehead atoms. The van der Waals surface area contributed by atoms with E-state index in [2.05, 4.69) is 34.0 Å². The van der Waals surface area contributed by atoms with Gasteiger partial charge in [-0.15, -0.1) is 0 Å². The summed E-state index contributed by atoms with van der Waals surface area (Å²) in [7, 11) is 0. The number of benzene rings is 2. The molecule has 0 saturated carbocycles. The van der Waals surface area contributed by atoms with E-state index < -0.39 is 5.97 Å². The van der Waals surface area contributed by atoms with Gasteiger partial charge in [-0.2, -0.15) is 0 Å². The number of aryl methyl sites for hydroxylation is 2. The van der Waals surface area contributed by atoms with Crippen LogP contribution in [0.1, 0.15) is 30.0 Å². The first-order valence-electron chi connectivity index (χ1n) is 8.26. The van der Waals surface area contributed by atoms with Gasteiger partial charge >= 0.3 is 5.97 Å². The van der Waals surface area contributed by atoms with Crippen molar-refractivity contribution < 1.29 is 14.6 Å². The number of fused-ring (bicyclic) bond motifs is 1. The summed E-state index contributed by atoms with van der Waals surface area (Å²) >= 11 is 3.50. The van der Waals surface area contributed by atoms with Crippen molar-refractivity contribution in [3.63, 3.8) is 0 Å². The number of carbonyl (C=O) groups is 1. The van der Waals surface area contributed by atoms with Gasteiger partial charge in [0.15, 0.2) is 0 Å². The zero-order chi connectivity index (χ0) is 18.0. The highest BCUT2D eigenvalue weighted by molar-refractivity contribution is 9.10. The number of halogens is 1. The number of carboxylic acid groups (broad SMARTS) is 1. The van der Waals surface area contributed by atoms with Crippen LogP contribution in [0.2, 0.25) is 0 Å². The van der Waals surface area contributed by atoms with Crippen molar-refractivity contribution in [3.05, 3.63) is 57.7 Å². The molecule has 0 amide bonds. The van der Waals surface area contributed by atoms with Crippen molar-refractivity contribution in [1.82, 2.24) is 4.98 Å². The number of aromatic amines is 1. The lowest BCUT2D eigenvalue weighted by Gasteiger charge is -2.13. The van der Waals surface area contributed by atoms with Crippen molar-refractivity contribution >= 4 is 32.8 Å². The number of aliphatic carboxylic acids is 1. The van der Waals surface area contributed by atoms with E-state index in [9.17, 15) is 4.79 Å². The molecule has 3 rings (SSSR count). The van der Waals surface area contributed by atoms with Crippen molar-refractivity contribution in [2.75, 3.05) is 0 Å². The van der Waals surface area contributed by atoms with Crippen LogP contribution in [0.4, 0.5) is 0 Å². The van der Waals surface area contributed by atoms with Crippen molar-refractivity contribution in [1.29, 1.82) is 0 Å². The summed E-state index contributed by atoms with van der Waals surface area (Å²) in [6.45, 7) is 4.08. The van der Waals surface area contributed by atoms with Gasteiger partial charge in [0.1, 0.15) is 11.5 Å². The largest absolute Gasteiger partial charge is 0.481 e. The highest BCUT2D eigenvalue weighted by Crippen LogP contribution is 2.35. The second-order valence-corrected chi connectivity index (χ2v) is 7.02. The first-order chi connectivity index (χ1) is 12.0. The summed E-state index contributed by atoms with van der Waals surface area (Å²) in [5.74, 6) is 0.627. The molecule has 1 aromatic heterocycles. The molecule has 0 aliphatic carbocycles. The zero-order valence-electron chi connectivity index (χ0n) is 14.2. The molecule has 2 aromatic carbocycles. The van der Waals surface area contributed by atoms with Crippen LogP contribution < -0.4 is 4.74 Å². The van der Waals surface area contributed by atoms with E-state index in [1.165, 1.54) is 10.9 Å². The zero-order valence-corrected chi connectivity index (χ0v) is 15.8. The van der Waals surface area contributed by atoms with Gasteiger partial charge in [0.2, 0.25) is 0 Å². The first kappa shape index (κ1) is 17.5. The molecule has 0 unspecified atom stereocenters. The number of H-pyrrole nitrogens is 1. The summed E-state index contributed by atoms with van der Waals surface area (Å²) in [5, 5.41) is 10.1. The van der Waals surface area contributed by atoms with Crippen molar-refractivity contribution in [2.45, 2.75) is 33.1 Å². The maximum atomic E-state index is 10.9. The minimum atomic E-state index is -0.846. The van der Waals surface area contributed by atoms with Crippen molar-refractivity contribution in [3.8, 4) is 11.5 Å². The molecule has 130 valence electrons. The van der Waals surface area contributed by atoms with E-state index in [1.54, 1.807) is 6.07 Å². The van der Waals surface area contributed by atoms with Gasteiger partial charge in [0, 0.05) is 17.1 Å². The van der Waals surface area contributed by atoms with Gasteiger partial charge in [-0.25, -0.2) is 0 Å². The van der Waals surface area contributed by atoms with Crippen LogP contribution in [0.5, 0.6) is 11.5 Å². The Labute approximate surface area is 155 Å². The molecule has 0 aliphatic rings. The molecule has 0 spiro atoms. The van der Waals surface area contributed by atoms with E-state index in [0.717, 1.165) is 39.7 Å². The summed E-state index contributed by atoms with van der Waals surface area (Å²) < 4.78 is 6.86. The molecule has 0 saturated heterocycles. The van der Waals surface area contributed by atoms with Crippen LogP contribution in [0.25, 0.3) is 10.9 Å². The van der Waals surface area contributed by atoms with Crippen LogP contribution in [0, 0.1) is 6.92 Å². The first-order valence-corrected chi connectivity index (χ1v) is 9.06. The maximum absolute atomic E-state index is 10.9. The van der Waals surface area contributed by atoms with Crippen LogP contribution >= 0.6 is 15.9 Å². The smallest absolute Gasteiger partial charge is 0.307 e. The lowest BCUT2D eigenvalue weighted by molar-refractivity contribution is -0.136. The normalized spacial score (nSPS) is 11.0. The minimum absolute atomic E-state index is 0.00456. The Hall–Kier alpha value is -2.27. The van der Waals surface area contributed by atoms with Gasteiger partial charge < -0.3 is 14.8 Å². The monoisotopic (exact) mass is 401 g/mol. The molecule has 3 aromatic rings. The van der Waals surface area contributed by atoms with Crippen molar-refractivity contribution in [2.24, 2.45) is 0 Å². The van der Waals surface area contributed by atoms with Gasteiger partial charge in [-0.05, 0) is 70.2 Å². The Bertz CT molecular complexity index is 907. The van der Waals surface area contributed by atoms with Crippen LogP contribution in [-0.2, 0) is 17.6 Å². The molecular weight excluding hydrogens is 382 g/mol. The number of hydrogen-bond donors (Lipinski definition) is 2. The Morgan fingerprint density at radius 2 is 2.08 bits per heavy atom. The fourth-order valence-electron chi connectivity index (χ4n) is 3.02. The third kappa shape index (κ3) is 3.87. The quantitative estimate of drug-likeness (QED) is 0.563. The average Bonchev–Trinajstić information content (AvgIpc) is 2.93. The molecule has 2 N–H and O–H groups in total. The third-order valence-electron chi connectivity index (χ3n) is 4.12. The number of rotatable bonds is 6.